The maximum absolute atomic E-state index is 13.0. The minimum Gasteiger partial charge on any atom is -0.508 e. The fourth-order valence-electron chi connectivity index (χ4n) is 3.46. The molecule has 0 aliphatic heterocycles. The summed E-state index contributed by atoms with van der Waals surface area (Å²) in [5, 5.41) is 15.6. The van der Waals surface area contributed by atoms with Crippen LogP contribution in [0.4, 0.5) is 5.69 Å². The molecule has 0 saturated carbocycles. The third kappa shape index (κ3) is 2.87. The van der Waals surface area contributed by atoms with Crippen LogP contribution in [0.3, 0.4) is 0 Å². The van der Waals surface area contributed by atoms with Gasteiger partial charge in [-0.05, 0) is 35.9 Å². The molecule has 2 N–H and O–H groups in total. The second-order valence-electron chi connectivity index (χ2n) is 6.57. The summed E-state index contributed by atoms with van der Waals surface area (Å²) in [6.45, 7) is 2.27. The maximum Gasteiger partial charge on any atom is 0.295 e. The second kappa shape index (κ2) is 6.68. The van der Waals surface area contributed by atoms with E-state index in [1.807, 2.05) is 79.3 Å². The van der Waals surface area contributed by atoms with Crippen molar-refractivity contribution in [3.05, 3.63) is 88.3 Å². The number of rotatable bonds is 4. The van der Waals surface area contributed by atoms with Crippen LogP contribution in [0.15, 0.2) is 71.5 Å². The summed E-state index contributed by atoms with van der Waals surface area (Å²) in [5.41, 5.74) is 2.86. The Bertz CT molecular complexity index is 1170. The van der Waals surface area contributed by atoms with E-state index in [9.17, 15) is 9.90 Å². The van der Waals surface area contributed by atoms with Crippen molar-refractivity contribution >= 4 is 16.5 Å². The van der Waals surface area contributed by atoms with Gasteiger partial charge in [0.2, 0.25) is 0 Å². The Morgan fingerprint density at radius 1 is 0.963 bits per heavy atom. The number of aromatic nitrogens is 2. The first-order valence-electron chi connectivity index (χ1n) is 8.85. The average Bonchev–Trinajstić information content (AvgIpc) is 2.90. The molecule has 4 aromatic rings. The van der Waals surface area contributed by atoms with Gasteiger partial charge in [0.25, 0.3) is 5.56 Å². The van der Waals surface area contributed by atoms with Gasteiger partial charge in [0.1, 0.15) is 11.4 Å². The molecule has 0 radical (unpaired) electrons. The number of aromatic hydroxyl groups is 1. The monoisotopic (exact) mass is 359 g/mol. The number of nitrogens with one attached hydrogen (secondary N) is 1. The minimum atomic E-state index is -0.110. The zero-order chi connectivity index (χ0) is 19.0. The molecule has 0 aliphatic carbocycles. The lowest BCUT2D eigenvalue weighted by molar-refractivity contribution is 0.470. The Hall–Kier alpha value is -3.47. The van der Waals surface area contributed by atoms with Crippen molar-refractivity contribution in [1.29, 1.82) is 0 Å². The van der Waals surface area contributed by atoms with Gasteiger partial charge in [-0.3, -0.25) is 9.48 Å². The fraction of sp³-hybridized carbons (Fsp3) is 0.136. The number of fused-ring (bicyclic) bond motifs is 1. The van der Waals surface area contributed by atoms with Crippen LogP contribution in [0.5, 0.6) is 5.75 Å². The van der Waals surface area contributed by atoms with E-state index in [2.05, 4.69) is 5.32 Å². The molecule has 1 aromatic heterocycles. The van der Waals surface area contributed by atoms with Crippen LogP contribution >= 0.6 is 0 Å². The van der Waals surface area contributed by atoms with Crippen LogP contribution in [0.25, 0.3) is 16.5 Å². The van der Waals surface area contributed by atoms with Gasteiger partial charge in [0, 0.05) is 19.2 Å². The zero-order valence-corrected chi connectivity index (χ0v) is 15.3. The van der Waals surface area contributed by atoms with E-state index in [4.69, 9.17) is 0 Å². The van der Waals surface area contributed by atoms with Gasteiger partial charge in [-0.15, -0.1) is 0 Å². The average molecular weight is 359 g/mol. The molecule has 27 heavy (non-hydrogen) atoms. The van der Waals surface area contributed by atoms with Crippen molar-refractivity contribution in [2.24, 2.45) is 7.05 Å². The van der Waals surface area contributed by atoms with Gasteiger partial charge in [-0.2, -0.15) is 0 Å². The molecule has 0 fully saturated rings. The molecule has 5 heteroatoms. The molecular weight excluding hydrogens is 338 g/mol. The number of phenolic OH excluding ortho intramolecular Hbond substituents is 1. The van der Waals surface area contributed by atoms with Gasteiger partial charge < -0.3 is 10.4 Å². The Kier molecular flexibility index (Phi) is 4.20. The summed E-state index contributed by atoms with van der Waals surface area (Å²) < 4.78 is 3.48. The SMILES string of the molecule is Cc1c(NCc2c(O)ccc3ccccc23)c(=O)n(-c2ccccc2)n1C. The van der Waals surface area contributed by atoms with E-state index in [0.29, 0.717) is 12.2 Å². The number of hydrogen-bond donors (Lipinski definition) is 2. The van der Waals surface area contributed by atoms with Gasteiger partial charge in [0.15, 0.2) is 0 Å². The molecule has 1 heterocycles. The van der Waals surface area contributed by atoms with Crippen molar-refractivity contribution in [2.75, 3.05) is 5.32 Å². The second-order valence-corrected chi connectivity index (χ2v) is 6.57. The minimum absolute atomic E-state index is 0.110. The maximum atomic E-state index is 13.0. The molecule has 0 unspecified atom stereocenters. The summed E-state index contributed by atoms with van der Waals surface area (Å²) >= 11 is 0. The molecular formula is C22H21N3O2. The number of nitrogens with zero attached hydrogens (tertiary/aromatic N) is 2. The van der Waals surface area contributed by atoms with Crippen LogP contribution in [-0.4, -0.2) is 14.5 Å². The van der Waals surface area contributed by atoms with Crippen LogP contribution in [0, 0.1) is 6.92 Å². The highest BCUT2D eigenvalue weighted by atomic mass is 16.3. The molecule has 0 spiro atoms. The fourth-order valence-corrected chi connectivity index (χ4v) is 3.46. The Morgan fingerprint density at radius 2 is 1.67 bits per heavy atom. The molecule has 0 aliphatic rings. The van der Waals surface area contributed by atoms with Gasteiger partial charge in [-0.1, -0.05) is 48.5 Å². The van der Waals surface area contributed by atoms with E-state index in [1.165, 1.54) is 0 Å². The molecule has 136 valence electrons. The smallest absolute Gasteiger partial charge is 0.295 e. The molecule has 5 nitrogen and oxygen atoms in total. The standard InChI is InChI=1S/C22H21N3O2/c1-15-21(22(27)25(24(15)2)17-9-4-3-5-10-17)23-14-19-18-11-7-6-8-16(18)12-13-20(19)26/h3-13,23,26H,14H2,1-2H3. The third-order valence-electron chi connectivity index (χ3n) is 5.01. The lowest BCUT2D eigenvalue weighted by atomic mass is 10.0. The number of hydrogen-bond acceptors (Lipinski definition) is 3. The van der Waals surface area contributed by atoms with E-state index in [0.717, 1.165) is 27.7 Å². The van der Waals surface area contributed by atoms with Crippen LogP contribution in [-0.2, 0) is 13.6 Å². The number of phenols is 1. The van der Waals surface area contributed by atoms with Crippen molar-refractivity contribution < 1.29 is 5.11 Å². The molecule has 0 saturated heterocycles. The number of anilines is 1. The first-order chi connectivity index (χ1) is 13.1. The number of para-hydroxylation sites is 1. The van der Waals surface area contributed by atoms with Gasteiger partial charge >= 0.3 is 0 Å². The predicted octanol–water partition coefficient (Wildman–Crippen LogP) is 3.96. The van der Waals surface area contributed by atoms with Crippen LogP contribution in [0.2, 0.25) is 0 Å². The highest BCUT2D eigenvalue weighted by Crippen LogP contribution is 2.28. The summed E-state index contributed by atoms with van der Waals surface area (Å²) in [4.78, 5) is 13.0. The van der Waals surface area contributed by atoms with Crippen molar-refractivity contribution in [1.82, 2.24) is 9.36 Å². The van der Waals surface area contributed by atoms with Crippen molar-refractivity contribution in [3.63, 3.8) is 0 Å². The normalized spacial score (nSPS) is 11.0. The summed E-state index contributed by atoms with van der Waals surface area (Å²) in [6, 6.07) is 21.0. The first kappa shape index (κ1) is 17.0. The molecule has 4 rings (SSSR count). The van der Waals surface area contributed by atoms with Gasteiger partial charge in [0.05, 0.1) is 11.4 Å². The third-order valence-corrected chi connectivity index (χ3v) is 5.01. The molecule has 0 atom stereocenters. The van der Waals surface area contributed by atoms with Crippen molar-refractivity contribution in [2.45, 2.75) is 13.5 Å². The van der Waals surface area contributed by atoms with Crippen LogP contribution < -0.4 is 10.9 Å². The quantitative estimate of drug-likeness (QED) is 0.580. The van der Waals surface area contributed by atoms with Gasteiger partial charge in [-0.25, -0.2) is 4.68 Å². The van der Waals surface area contributed by atoms with Crippen LogP contribution in [0.1, 0.15) is 11.3 Å². The summed E-state index contributed by atoms with van der Waals surface area (Å²) in [5.74, 6) is 0.221. The first-order valence-corrected chi connectivity index (χ1v) is 8.85. The summed E-state index contributed by atoms with van der Waals surface area (Å²) in [7, 11) is 1.87. The molecule has 0 bridgehead atoms. The van der Waals surface area contributed by atoms with E-state index < -0.39 is 0 Å². The number of benzene rings is 3. The summed E-state index contributed by atoms with van der Waals surface area (Å²) in [6.07, 6.45) is 0. The Morgan fingerprint density at radius 3 is 2.44 bits per heavy atom. The zero-order valence-electron chi connectivity index (χ0n) is 15.3. The lowest BCUT2D eigenvalue weighted by Gasteiger charge is -2.10. The topological polar surface area (TPSA) is 59.2 Å². The Balaban J connectivity index is 1.73. The Labute approximate surface area is 157 Å². The van der Waals surface area contributed by atoms with Crippen molar-refractivity contribution in [3.8, 4) is 11.4 Å². The molecule has 0 amide bonds. The van der Waals surface area contributed by atoms with E-state index >= 15 is 0 Å². The van der Waals surface area contributed by atoms with E-state index in [-0.39, 0.29) is 11.3 Å². The largest absolute Gasteiger partial charge is 0.508 e. The highest BCUT2D eigenvalue weighted by molar-refractivity contribution is 5.87. The lowest BCUT2D eigenvalue weighted by Crippen LogP contribution is -2.21. The molecule has 3 aromatic carbocycles. The van der Waals surface area contributed by atoms with E-state index in [1.54, 1.807) is 10.7 Å². The predicted molar refractivity (Wildman–Crippen MR) is 109 cm³/mol. The highest BCUT2D eigenvalue weighted by Gasteiger charge is 2.16.